The maximum Gasteiger partial charge on any atom is 0.536 e. The summed E-state index contributed by atoms with van der Waals surface area (Å²) >= 11 is 0. The summed E-state index contributed by atoms with van der Waals surface area (Å²) in [7, 11) is 2.05. The molecule has 108 valence electrons. The third kappa shape index (κ3) is 3.60. The van der Waals surface area contributed by atoms with E-state index in [1.165, 1.54) is 0 Å². The van der Waals surface area contributed by atoms with E-state index < -0.39 is 8.80 Å². The summed E-state index contributed by atoms with van der Waals surface area (Å²) in [5.41, 5.74) is 1.93. The molecular formula is C17H18O3Si. The Hall–Kier alpha value is -1.90. The molecule has 3 nitrogen and oxygen atoms in total. The summed E-state index contributed by atoms with van der Waals surface area (Å²) in [4.78, 5) is 0. The molecule has 21 heavy (non-hydrogen) atoms. The quantitative estimate of drug-likeness (QED) is 0.639. The minimum absolute atomic E-state index is 0.917. The van der Waals surface area contributed by atoms with Crippen molar-refractivity contribution in [3.63, 3.8) is 0 Å². The number of hydrogen-bond donors (Lipinski definition) is 0. The summed E-state index contributed by atoms with van der Waals surface area (Å²) in [5.74, 6) is 6.27. The van der Waals surface area contributed by atoms with Crippen LogP contribution in [0, 0.1) is 11.8 Å². The topological polar surface area (TPSA) is 27.7 Å². The Balaban J connectivity index is 2.22. The second kappa shape index (κ2) is 7.20. The first kappa shape index (κ1) is 15.5. The van der Waals surface area contributed by atoms with Crippen LogP contribution in [0.5, 0.6) is 0 Å². The van der Waals surface area contributed by atoms with E-state index in [1.54, 1.807) is 21.3 Å². The zero-order chi connectivity index (χ0) is 15.1. The second-order valence-corrected chi connectivity index (χ2v) is 7.28. The molecule has 0 aliphatic heterocycles. The van der Waals surface area contributed by atoms with Crippen LogP contribution in [0.3, 0.4) is 0 Å². The van der Waals surface area contributed by atoms with Crippen molar-refractivity contribution in [3.8, 4) is 11.8 Å². The Labute approximate surface area is 126 Å². The van der Waals surface area contributed by atoms with Crippen LogP contribution in [0.25, 0.3) is 0 Å². The molecule has 0 N–H and O–H groups in total. The van der Waals surface area contributed by atoms with Crippen LogP contribution in [0.1, 0.15) is 11.1 Å². The maximum atomic E-state index is 5.45. The summed E-state index contributed by atoms with van der Waals surface area (Å²) in [6.07, 6.45) is 0. The van der Waals surface area contributed by atoms with Gasteiger partial charge in [0.25, 0.3) is 0 Å². The van der Waals surface area contributed by atoms with Crippen LogP contribution < -0.4 is 5.19 Å². The van der Waals surface area contributed by atoms with E-state index >= 15 is 0 Å². The lowest BCUT2D eigenvalue weighted by Gasteiger charge is -2.24. The monoisotopic (exact) mass is 298 g/mol. The lowest BCUT2D eigenvalue weighted by atomic mass is 10.2. The van der Waals surface area contributed by atoms with Gasteiger partial charge in [0.15, 0.2) is 0 Å². The first-order valence-corrected chi connectivity index (χ1v) is 8.29. The molecule has 2 rings (SSSR count). The molecule has 0 unspecified atom stereocenters. The molecule has 4 heteroatoms. The van der Waals surface area contributed by atoms with E-state index in [0.29, 0.717) is 0 Å². The van der Waals surface area contributed by atoms with Crippen molar-refractivity contribution in [1.82, 2.24) is 0 Å². The second-order valence-electron chi connectivity index (χ2n) is 4.36. The van der Waals surface area contributed by atoms with Crippen molar-refractivity contribution < 1.29 is 13.3 Å². The third-order valence-electron chi connectivity index (χ3n) is 3.17. The Kier molecular flexibility index (Phi) is 5.31. The maximum absolute atomic E-state index is 5.45. The van der Waals surface area contributed by atoms with Gasteiger partial charge in [-0.25, -0.2) is 0 Å². The van der Waals surface area contributed by atoms with E-state index in [0.717, 1.165) is 16.3 Å². The summed E-state index contributed by atoms with van der Waals surface area (Å²) in [5, 5.41) is 0.917. The van der Waals surface area contributed by atoms with Gasteiger partial charge in [-0.2, -0.15) is 0 Å². The lowest BCUT2D eigenvalue weighted by Crippen LogP contribution is -2.54. The molecular weight excluding hydrogens is 280 g/mol. The van der Waals surface area contributed by atoms with Crippen LogP contribution in [-0.4, -0.2) is 30.1 Å². The Bertz CT molecular complexity index is 614. The number of rotatable bonds is 4. The van der Waals surface area contributed by atoms with Crippen LogP contribution in [0.15, 0.2) is 54.6 Å². The predicted octanol–water partition coefficient (Wildman–Crippen LogP) is 2.17. The molecule has 0 aromatic heterocycles. The van der Waals surface area contributed by atoms with E-state index in [1.807, 2.05) is 54.6 Å². The molecule has 0 bridgehead atoms. The highest BCUT2D eigenvalue weighted by Gasteiger charge is 2.40. The zero-order valence-electron chi connectivity index (χ0n) is 12.4. The average Bonchev–Trinajstić information content (AvgIpc) is 2.57. The van der Waals surface area contributed by atoms with Gasteiger partial charge in [-0.05, 0) is 24.3 Å². The van der Waals surface area contributed by atoms with Crippen molar-refractivity contribution in [2.24, 2.45) is 0 Å². The first-order chi connectivity index (χ1) is 10.2. The van der Waals surface area contributed by atoms with Crippen LogP contribution in [0.4, 0.5) is 0 Å². The standard InChI is InChI=1S/C17H18O3Si/c1-18-21(19-2,20-3)17-13-11-16(12-14-17)10-9-15-7-5-4-6-8-15/h4-8,11-14H,1-3H3. The van der Waals surface area contributed by atoms with Crippen LogP contribution in [-0.2, 0) is 13.3 Å². The van der Waals surface area contributed by atoms with Crippen molar-refractivity contribution in [3.05, 3.63) is 65.7 Å². The highest BCUT2D eigenvalue weighted by molar-refractivity contribution is 6.75. The van der Waals surface area contributed by atoms with E-state index in [4.69, 9.17) is 13.3 Å². The zero-order valence-corrected chi connectivity index (χ0v) is 13.4. The molecule has 0 aliphatic rings. The van der Waals surface area contributed by atoms with Gasteiger partial charge in [0.05, 0.1) is 0 Å². The SMILES string of the molecule is CO[Si](OC)(OC)c1ccc(C#Cc2ccccc2)cc1. The fourth-order valence-corrected chi connectivity index (χ4v) is 3.81. The minimum atomic E-state index is -2.75. The minimum Gasteiger partial charge on any atom is -0.373 e. The number of benzene rings is 2. The van der Waals surface area contributed by atoms with Gasteiger partial charge in [0, 0.05) is 37.6 Å². The predicted molar refractivity (Wildman–Crippen MR) is 85.3 cm³/mol. The van der Waals surface area contributed by atoms with Gasteiger partial charge in [-0.3, -0.25) is 0 Å². The Morgan fingerprint density at radius 1 is 0.667 bits per heavy atom. The van der Waals surface area contributed by atoms with Gasteiger partial charge in [0.1, 0.15) is 0 Å². The van der Waals surface area contributed by atoms with E-state index in [9.17, 15) is 0 Å². The summed E-state index contributed by atoms with van der Waals surface area (Å²) in [6, 6.07) is 17.7. The Morgan fingerprint density at radius 3 is 1.62 bits per heavy atom. The van der Waals surface area contributed by atoms with Gasteiger partial charge < -0.3 is 13.3 Å². The molecule has 0 radical (unpaired) electrons. The molecule has 2 aromatic rings. The van der Waals surface area contributed by atoms with E-state index in [2.05, 4.69) is 11.8 Å². The molecule has 0 saturated heterocycles. The van der Waals surface area contributed by atoms with Gasteiger partial charge >= 0.3 is 8.80 Å². The number of hydrogen-bond acceptors (Lipinski definition) is 3. The average molecular weight is 298 g/mol. The summed E-state index contributed by atoms with van der Waals surface area (Å²) in [6.45, 7) is 0. The Morgan fingerprint density at radius 2 is 1.14 bits per heavy atom. The smallest absolute Gasteiger partial charge is 0.373 e. The molecule has 0 amide bonds. The molecule has 0 atom stereocenters. The third-order valence-corrected chi connectivity index (χ3v) is 5.82. The largest absolute Gasteiger partial charge is 0.536 e. The highest BCUT2D eigenvalue weighted by atomic mass is 28.4. The van der Waals surface area contributed by atoms with Gasteiger partial charge in [0.2, 0.25) is 0 Å². The lowest BCUT2D eigenvalue weighted by molar-refractivity contribution is 0.140. The van der Waals surface area contributed by atoms with Gasteiger partial charge in [-0.15, -0.1) is 0 Å². The van der Waals surface area contributed by atoms with Crippen molar-refractivity contribution in [2.75, 3.05) is 21.3 Å². The molecule has 0 fully saturated rings. The molecule has 0 aliphatic carbocycles. The van der Waals surface area contributed by atoms with Crippen LogP contribution in [0.2, 0.25) is 0 Å². The molecule has 0 heterocycles. The molecule has 0 saturated carbocycles. The first-order valence-electron chi connectivity index (χ1n) is 6.57. The fourth-order valence-electron chi connectivity index (χ4n) is 2.03. The normalized spacial score (nSPS) is 10.8. The van der Waals surface area contributed by atoms with E-state index in [-0.39, 0.29) is 0 Å². The van der Waals surface area contributed by atoms with Crippen LogP contribution >= 0.6 is 0 Å². The van der Waals surface area contributed by atoms with Crippen molar-refractivity contribution in [2.45, 2.75) is 0 Å². The van der Waals surface area contributed by atoms with Crippen molar-refractivity contribution in [1.29, 1.82) is 0 Å². The fraction of sp³-hybridized carbons (Fsp3) is 0.176. The highest BCUT2D eigenvalue weighted by Crippen LogP contribution is 2.08. The van der Waals surface area contributed by atoms with Gasteiger partial charge in [-0.1, -0.05) is 42.2 Å². The summed E-state index contributed by atoms with van der Waals surface area (Å²) < 4.78 is 16.3. The van der Waals surface area contributed by atoms with Crippen molar-refractivity contribution >= 4 is 14.0 Å². The molecule has 2 aromatic carbocycles. The molecule has 0 spiro atoms.